The highest BCUT2D eigenvalue weighted by molar-refractivity contribution is 5.75. The van der Waals surface area contributed by atoms with Crippen LogP contribution in [0.3, 0.4) is 0 Å². The molecule has 0 radical (unpaired) electrons. The topological polar surface area (TPSA) is 644 Å². The highest BCUT2D eigenvalue weighted by Crippen LogP contribution is 1.83. The fourth-order valence-corrected chi connectivity index (χ4v) is 0.953. The molecule has 40 heteroatoms. The smallest absolute Gasteiger partial charge is 0.421 e. The summed E-state index contributed by atoms with van der Waals surface area (Å²) in [6, 6.07) is -1.74. The Morgan fingerprint density at radius 3 is 0.756 bits per heavy atom. The maximum Gasteiger partial charge on any atom is 0.421 e. The minimum Gasteiger partial charge on any atom is -0.453 e. The van der Waals surface area contributed by atoms with E-state index in [-0.39, 0.29) is 48.1 Å². The highest BCUT2D eigenvalue weighted by Gasteiger charge is 2.00. The van der Waals surface area contributed by atoms with Crippen LogP contribution >= 0.6 is 0 Å². The van der Waals surface area contributed by atoms with Crippen molar-refractivity contribution in [1.29, 1.82) is 0 Å². The summed E-state index contributed by atoms with van der Waals surface area (Å²) >= 11 is 0. The van der Waals surface area contributed by atoms with Crippen LogP contribution in [-0.4, -0.2) is 246 Å². The summed E-state index contributed by atoms with van der Waals surface area (Å²) in [7, 11) is 25.4. The van der Waals surface area contributed by atoms with Gasteiger partial charge in [-0.05, 0) is 13.8 Å². The summed E-state index contributed by atoms with van der Waals surface area (Å²) in [5.41, 5.74) is 43.7. The Balaban J connectivity index is -0.0000000453. The summed E-state index contributed by atoms with van der Waals surface area (Å²) in [4.78, 5) is 153. The zero-order valence-corrected chi connectivity index (χ0v) is 52.2. The van der Waals surface area contributed by atoms with Gasteiger partial charge in [0.15, 0.2) is 0 Å². The van der Waals surface area contributed by atoms with Crippen LogP contribution in [0, 0.1) is 0 Å². The zero-order valence-electron chi connectivity index (χ0n) is 52.2. The normalized spacial score (nSPS) is 7.23. The molecule has 0 aliphatic heterocycles. The Labute approximate surface area is 482 Å². The second-order valence-electron chi connectivity index (χ2n) is 13.5. The number of hydrogen-bond acceptors (Lipinski definition) is 22. The van der Waals surface area contributed by atoms with Gasteiger partial charge in [0.25, 0.3) is 0 Å². The lowest BCUT2D eigenvalue weighted by Gasteiger charge is -2.07. The third-order valence-electron chi connectivity index (χ3n) is 4.84. The van der Waals surface area contributed by atoms with Gasteiger partial charge in [-0.15, -0.1) is 0 Å². The van der Waals surface area contributed by atoms with Crippen LogP contribution in [0.2, 0.25) is 0 Å². The number of primary amides is 9. The number of nitrogens with zero attached hydrogens (tertiary/aromatic N) is 6. The number of nitrogens with two attached hydrogens (primary N) is 11. The molecule has 0 saturated heterocycles. The summed E-state index contributed by atoms with van der Waals surface area (Å²) in [6.45, 7) is 12.0. The number of ether oxygens (including phenoxy) is 5. The van der Waals surface area contributed by atoms with Crippen molar-refractivity contribution in [1.82, 2.24) is 45.6 Å². The van der Waals surface area contributed by atoms with Gasteiger partial charge in [0, 0.05) is 125 Å². The van der Waals surface area contributed by atoms with E-state index in [0.29, 0.717) is 26.1 Å². The lowest BCUT2D eigenvalue weighted by molar-refractivity contribution is -0.128. The average Bonchev–Trinajstić information content (AvgIpc) is 3.37. The molecule has 0 heterocycles. The quantitative estimate of drug-likeness (QED) is 0.0407. The molecule has 0 rings (SSSR count). The van der Waals surface area contributed by atoms with Crippen molar-refractivity contribution in [2.24, 2.45) is 63.3 Å². The average molecular weight is 1210 g/mol. The molecule has 0 aromatic rings. The number of urea groups is 3. The van der Waals surface area contributed by atoms with Gasteiger partial charge in [0.1, 0.15) is 0 Å². The van der Waals surface area contributed by atoms with Crippen LogP contribution in [0.1, 0.15) is 61.3 Å². The minimum atomic E-state index is -0.833. The van der Waals surface area contributed by atoms with Crippen molar-refractivity contribution in [3.8, 4) is 0 Å². The fraction of sp³-hybridized carbons (Fsp3) is 0.643. The summed E-state index contributed by atoms with van der Waals surface area (Å²) in [5.74, 6) is 8.61. The Morgan fingerprint density at radius 1 is 0.488 bits per heavy atom. The van der Waals surface area contributed by atoms with Crippen molar-refractivity contribution >= 4 is 90.9 Å². The minimum absolute atomic E-state index is 0.0926. The van der Waals surface area contributed by atoms with E-state index in [2.05, 4.69) is 86.6 Å². The predicted octanol–water partition coefficient (Wildman–Crippen LogP) is -4.26. The maximum atomic E-state index is 10.4. The van der Waals surface area contributed by atoms with Gasteiger partial charge in [-0.2, -0.15) is 0 Å². The van der Waals surface area contributed by atoms with Crippen LogP contribution in [0.5, 0.6) is 0 Å². The molecule has 492 valence electrons. The van der Waals surface area contributed by atoms with E-state index < -0.39 is 36.4 Å². The summed E-state index contributed by atoms with van der Waals surface area (Å²) in [6.07, 6.45) is -0.641. The van der Waals surface area contributed by atoms with Gasteiger partial charge in [0.05, 0.1) is 34.5 Å². The molecule has 40 nitrogen and oxygen atoms in total. The fourth-order valence-electron chi connectivity index (χ4n) is 0.953. The Hall–Kier alpha value is -9.63. The number of hydrogen-bond donors (Lipinski definition) is 14. The third kappa shape index (κ3) is 287. The van der Waals surface area contributed by atoms with E-state index in [1.54, 1.807) is 116 Å². The second kappa shape index (κ2) is 93.8. The standard InChI is InChI=1S/C5H11NO2.C5H11NO.C4H9NO2.C4H9NO.C3H8N2O.C3H7NO2.2C3H7NO.C2H6N2O2.2C2H6N2O.C2H5NO2.C2H5NO.CH4N2O.CH3NO/c1-4-8-5(7)6(2)3;1-4-5(7)6(2)3;1-5(2)4(6)7-3;1-4(6)5(2)3;1-5(2)3(4)6;1-2-6-3(4)5;1-4(2)3-5;1-2-3(4)5;1-6-2(5)4-3;1-4-2(3)5;1-2(5)4-3;1-5-2(3)4;1-2(3)4;2-1(3)4;2-1-3/h4H2,1-3H3;4H2,1-3H3;1-3H3;1-3H3;1-2H3,(H2,4,6);2H2,1H3,(H2,4,5);3H,1-2H3;2H2,1H3,(H2,4,5);3H2,1H3,(H,4,5);1H3,(H3,3,4,5);3H2,1H3,(H,4,5);1H3,(H2,3,4);1H3,(H2,3,4);(H4,2,3,4);1H,(H2,2,3). The molecule has 0 aliphatic rings. The van der Waals surface area contributed by atoms with Gasteiger partial charge in [-0.1, -0.05) is 13.8 Å². The van der Waals surface area contributed by atoms with Crippen molar-refractivity contribution in [3.63, 3.8) is 0 Å². The van der Waals surface area contributed by atoms with Crippen LogP contribution in [0.15, 0.2) is 0 Å². The van der Waals surface area contributed by atoms with E-state index in [0.717, 1.165) is 6.41 Å². The SMILES string of the molecule is CC(=O)N(C)C.CC(=O)NN.CC(N)=O.CCC(=O)N(C)C.CCC(N)=O.CCOC(=O)N(C)C.CCOC(N)=O.CN(C)C(N)=O.CN(C)C=O.CNC(N)=O.COC(=O)N(C)C.COC(=O)NN.COC(N)=O.NC(N)=O.NC=O. The monoisotopic (exact) mass is 1210 g/mol. The van der Waals surface area contributed by atoms with Gasteiger partial charge in [-0.25, -0.2) is 50.0 Å². The van der Waals surface area contributed by atoms with Crippen molar-refractivity contribution in [2.75, 3.05) is 126 Å². The summed E-state index contributed by atoms with van der Waals surface area (Å²) < 4.78 is 21.0. The molecule has 0 saturated carbocycles. The van der Waals surface area contributed by atoms with Crippen LogP contribution < -0.4 is 79.5 Å². The van der Waals surface area contributed by atoms with Crippen molar-refractivity contribution in [2.45, 2.75) is 61.3 Å². The molecular formula is C42H104N20O20. The third-order valence-corrected chi connectivity index (χ3v) is 4.84. The molecule has 0 spiro atoms. The molecule has 0 aliphatic carbocycles. The largest absolute Gasteiger partial charge is 0.453 e. The molecule has 0 bridgehead atoms. The molecule has 0 atom stereocenters. The number of rotatable bonds is 5. The first-order chi connectivity index (χ1) is 37.1. The van der Waals surface area contributed by atoms with Crippen molar-refractivity contribution < 1.29 is 95.6 Å². The molecule has 0 aromatic heterocycles. The molecular weight excluding hydrogens is 1100 g/mol. The highest BCUT2D eigenvalue weighted by atomic mass is 16.6. The first-order valence-corrected chi connectivity index (χ1v) is 22.2. The summed E-state index contributed by atoms with van der Waals surface area (Å²) in [5, 5.41) is 2.17. The van der Waals surface area contributed by atoms with Crippen LogP contribution in [-0.2, 0) is 57.2 Å². The molecule has 82 heavy (non-hydrogen) atoms. The first kappa shape index (κ1) is 112. The van der Waals surface area contributed by atoms with Crippen LogP contribution in [0.25, 0.3) is 0 Å². The van der Waals surface area contributed by atoms with Gasteiger partial charge >= 0.3 is 48.6 Å². The number of nitrogens with one attached hydrogen (secondary N) is 3. The zero-order chi connectivity index (χ0) is 69.9. The number of carbonyl (C=O) groups excluding carboxylic acids is 15. The molecule has 18 amide bonds. The Morgan fingerprint density at radius 2 is 0.744 bits per heavy atom. The van der Waals surface area contributed by atoms with E-state index in [4.69, 9.17) is 15.3 Å². The van der Waals surface area contributed by atoms with Gasteiger partial charge in [0.2, 0.25) is 42.4 Å². The molecule has 0 unspecified atom stereocenters. The first-order valence-electron chi connectivity index (χ1n) is 22.2. The van der Waals surface area contributed by atoms with Gasteiger partial charge in [-0.3, -0.25) is 44.4 Å². The van der Waals surface area contributed by atoms with Crippen molar-refractivity contribution in [3.05, 3.63) is 0 Å². The van der Waals surface area contributed by atoms with E-state index in [1.165, 1.54) is 73.6 Å². The number of carbonyl (C=O) groups is 15. The molecule has 0 aromatic carbocycles. The van der Waals surface area contributed by atoms with Crippen LogP contribution in [0.4, 0.5) is 38.4 Å². The number of hydrazine groups is 2. The van der Waals surface area contributed by atoms with E-state index >= 15 is 0 Å². The molecule has 0 fully saturated rings. The molecule has 25 N–H and O–H groups in total. The lowest BCUT2D eigenvalue weighted by atomic mass is 10.4. The Bertz CT molecular complexity index is 1490. The predicted molar refractivity (Wildman–Crippen MR) is 306 cm³/mol. The number of methoxy groups -OCH3 is 3. The van der Waals surface area contributed by atoms with Gasteiger partial charge < -0.3 is 110 Å². The number of amides is 18. The van der Waals surface area contributed by atoms with E-state index in [9.17, 15) is 62.3 Å². The second-order valence-corrected chi connectivity index (χ2v) is 13.5. The van der Waals surface area contributed by atoms with E-state index in [1.807, 2.05) is 12.3 Å². The maximum absolute atomic E-state index is 10.4. The lowest BCUT2D eigenvalue weighted by Crippen LogP contribution is -2.29. The Kier molecular flexibility index (Phi) is 128.